The zero-order valence-electron chi connectivity index (χ0n) is 14.1. The number of aromatic nitrogens is 2. The van der Waals surface area contributed by atoms with E-state index in [0.29, 0.717) is 23.6 Å². The molecule has 1 heterocycles. The third-order valence-corrected chi connectivity index (χ3v) is 5.14. The number of hydrogen-bond donors (Lipinski definition) is 1. The summed E-state index contributed by atoms with van der Waals surface area (Å²) in [6, 6.07) is 7.03. The summed E-state index contributed by atoms with van der Waals surface area (Å²) in [5.41, 5.74) is -1.54. The van der Waals surface area contributed by atoms with Crippen LogP contribution in [-0.4, -0.2) is 44.3 Å². The van der Waals surface area contributed by atoms with E-state index in [1.807, 2.05) is 6.07 Å². The fraction of sp³-hybridized carbons (Fsp3) is 0.444. The van der Waals surface area contributed by atoms with E-state index in [1.165, 1.54) is 18.1 Å². The molecule has 0 saturated heterocycles. The van der Waals surface area contributed by atoms with Crippen LogP contribution in [0.5, 0.6) is 0 Å². The van der Waals surface area contributed by atoms with Crippen LogP contribution in [0.1, 0.15) is 32.1 Å². The zero-order valence-corrected chi connectivity index (χ0v) is 14.1. The van der Waals surface area contributed by atoms with Crippen LogP contribution in [0.3, 0.4) is 0 Å². The Bertz CT molecular complexity index is 868. The monoisotopic (exact) mass is 343 g/mol. The molecule has 0 bridgehead atoms. The summed E-state index contributed by atoms with van der Waals surface area (Å²) in [6.45, 7) is -0.269. The highest BCUT2D eigenvalue weighted by Crippen LogP contribution is 2.33. The molecule has 0 atom stereocenters. The van der Waals surface area contributed by atoms with Crippen LogP contribution < -0.4 is 5.56 Å². The molecule has 132 valence electrons. The predicted molar refractivity (Wildman–Crippen MR) is 92.2 cm³/mol. The smallest absolute Gasteiger partial charge is 0.329 e. The lowest BCUT2D eigenvalue weighted by Gasteiger charge is -2.41. The lowest BCUT2D eigenvalue weighted by molar-refractivity contribution is -0.160. The number of carbonyl (C=O) groups is 2. The molecular weight excluding hydrogens is 322 g/mol. The molecule has 25 heavy (non-hydrogen) atoms. The third-order valence-electron chi connectivity index (χ3n) is 5.14. The Morgan fingerprint density at radius 3 is 2.60 bits per heavy atom. The molecule has 2 aromatic rings. The van der Waals surface area contributed by atoms with Crippen LogP contribution >= 0.6 is 0 Å². The summed E-state index contributed by atoms with van der Waals surface area (Å²) in [5, 5.41) is 14.9. The number of carboxylic acid groups (broad SMARTS) is 1. The first-order chi connectivity index (χ1) is 12.0. The minimum Gasteiger partial charge on any atom is -0.479 e. The first-order valence-electron chi connectivity index (χ1n) is 8.41. The number of aliphatic carboxylic acids is 1. The number of nitrogens with zero attached hydrogens (tertiary/aromatic N) is 3. The summed E-state index contributed by atoms with van der Waals surface area (Å²) < 4.78 is 1.10. The highest BCUT2D eigenvalue weighted by atomic mass is 16.4. The van der Waals surface area contributed by atoms with Crippen LogP contribution in [0.2, 0.25) is 0 Å². The molecule has 1 aromatic carbocycles. The predicted octanol–water partition coefficient (Wildman–Crippen LogP) is 1.64. The van der Waals surface area contributed by atoms with Gasteiger partial charge >= 0.3 is 5.97 Å². The highest BCUT2D eigenvalue weighted by molar-refractivity contribution is 5.87. The van der Waals surface area contributed by atoms with Crippen LogP contribution in [-0.2, 0) is 16.1 Å². The second-order valence-electron chi connectivity index (χ2n) is 6.54. The Morgan fingerprint density at radius 1 is 1.24 bits per heavy atom. The quantitative estimate of drug-likeness (QED) is 0.911. The van der Waals surface area contributed by atoms with Crippen LogP contribution in [0, 0.1) is 0 Å². The van der Waals surface area contributed by atoms with Gasteiger partial charge in [0.05, 0.1) is 11.6 Å². The number of carbonyl (C=O) groups excluding carboxylic acids is 1. The fourth-order valence-corrected chi connectivity index (χ4v) is 3.54. The van der Waals surface area contributed by atoms with Crippen molar-refractivity contribution in [2.24, 2.45) is 0 Å². The second kappa shape index (κ2) is 6.66. The lowest BCUT2D eigenvalue weighted by atomic mass is 9.80. The maximum absolute atomic E-state index is 12.7. The topological polar surface area (TPSA) is 92.5 Å². The minimum absolute atomic E-state index is 0.269. The summed E-state index contributed by atoms with van der Waals surface area (Å²) >= 11 is 0. The number of amides is 1. The number of benzene rings is 1. The molecule has 1 aliphatic rings. The highest BCUT2D eigenvalue weighted by Gasteiger charge is 2.45. The molecule has 3 rings (SSSR count). The van der Waals surface area contributed by atoms with Gasteiger partial charge in [-0.2, -0.15) is 5.10 Å². The maximum atomic E-state index is 12.7. The van der Waals surface area contributed by atoms with Gasteiger partial charge < -0.3 is 10.0 Å². The van der Waals surface area contributed by atoms with Crippen molar-refractivity contribution in [3.05, 3.63) is 40.8 Å². The number of rotatable bonds is 4. The van der Waals surface area contributed by atoms with E-state index in [1.54, 1.807) is 18.2 Å². The van der Waals surface area contributed by atoms with E-state index in [9.17, 15) is 19.5 Å². The Morgan fingerprint density at radius 2 is 1.92 bits per heavy atom. The summed E-state index contributed by atoms with van der Waals surface area (Å²) in [4.78, 5) is 38.3. The standard InChI is InChI=1S/C18H21N3O4/c1-20(18(17(24)25)9-5-2-6-10-18)15(22)12-21-16(23)14-8-4-3-7-13(14)11-19-21/h3-4,7-8,11H,2,5-6,9-10,12H2,1H3,(H,24,25). The minimum atomic E-state index is -1.18. The van der Waals surface area contributed by atoms with Gasteiger partial charge in [0.15, 0.2) is 0 Å². The number of likely N-dealkylation sites (N-methyl/N-ethyl adjacent to an activating group) is 1. The van der Waals surface area contributed by atoms with Gasteiger partial charge in [0.1, 0.15) is 12.1 Å². The maximum Gasteiger partial charge on any atom is 0.329 e. The molecule has 7 nitrogen and oxygen atoms in total. The largest absolute Gasteiger partial charge is 0.479 e. The average molecular weight is 343 g/mol. The fourth-order valence-electron chi connectivity index (χ4n) is 3.54. The van der Waals surface area contributed by atoms with Gasteiger partial charge in [0.25, 0.3) is 5.56 Å². The molecule has 0 unspecified atom stereocenters. The molecule has 1 N–H and O–H groups in total. The van der Waals surface area contributed by atoms with Gasteiger partial charge in [-0.3, -0.25) is 9.59 Å². The van der Waals surface area contributed by atoms with Crippen molar-refractivity contribution in [3.8, 4) is 0 Å². The van der Waals surface area contributed by atoms with Gasteiger partial charge in [0, 0.05) is 12.4 Å². The Kier molecular flexibility index (Phi) is 4.57. The van der Waals surface area contributed by atoms with Gasteiger partial charge in [0.2, 0.25) is 5.91 Å². The van der Waals surface area contributed by atoms with E-state index in [4.69, 9.17) is 0 Å². The SMILES string of the molecule is CN(C(=O)Cn1ncc2ccccc2c1=O)C1(C(=O)O)CCCCC1. The molecule has 7 heteroatoms. The molecule has 0 aliphatic heterocycles. The second-order valence-corrected chi connectivity index (χ2v) is 6.54. The lowest BCUT2D eigenvalue weighted by Crippen LogP contribution is -2.57. The summed E-state index contributed by atoms with van der Waals surface area (Å²) in [5.74, 6) is -1.41. The van der Waals surface area contributed by atoms with Crippen molar-refractivity contribution >= 4 is 22.6 Å². The summed E-state index contributed by atoms with van der Waals surface area (Å²) in [7, 11) is 1.51. The van der Waals surface area contributed by atoms with E-state index in [0.717, 1.165) is 23.9 Å². The molecule has 1 fully saturated rings. The van der Waals surface area contributed by atoms with Crippen molar-refractivity contribution in [3.63, 3.8) is 0 Å². The Hall–Kier alpha value is -2.70. The number of hydrogen-bond acceptors (Lipinski definition) is 4. The molecule has 1 aliphatic carbocycles. The van der Waals surface area contributed by atoms with Crippen molar-refractivity contribution in [2.75, 3.05) is 7.05 Å². The van der Waals surface area contributed by atoms with E-state index in [-0.39, 0.29) is 12.1 Å². The molecule has 0 radical (unpaired) electrons. The molecular formula is C18H21N3O4. The summed E-state index contributed by atoms with van der Waals surface area (Å²) in [6.07, 6.45) is 4.94. The van der Waals surface area contributed by atoms with E-state index >= 15 is 0 Å². The van der Waals surface area contributed by atoms with E-state index in [2.05, 4.69) is 5.10 Å². The van der Waals surface area contributed by atoms with Gasteiger partial charge in [-0.05, 0) is 18.9 Å². The normalized spacial score (nSPS) is 16.5. The van der Waals surface area contributed by atoms with Crippen LogP contribution in [0.25, 0.3) is 10.8 Å². The van der Waals surface area contributed by atoms with Crippen molar-refractivity contribution in [2.45, 2.75) is 44.2 Å². The van der Waals surface area contributed by atoms with Crippen molar-refractivity contribution in [1.29, 1.82) is 0 Å². The van der Waals surface area contributed by atoms with Crippen LogP contribution in [0.4, 0.5) is 0 Å². The van der Waals surface area contributed by atoms with E-state index < -0.39 is 17.4 Å². The van der Waals surface area contributed by atoms with Crippen LogP contribution in [0.15, 0.2) is 35.3 Å². The Balaban J connectivity index is 1.87. The third kappa shape index (κ3) is 3.01. The number of carboxylic acids is 1. The molecule has 1 amide bonds. The van der Waals surface area contributed by atoms with Gasteiger partial charge in [-0.25, -0.2) is 9.48 Å². The first-order valence-corrected chi connectivity index (χ1v) is 8.41. The molecule has 1 saturated carbocycles. The first kappa shape index (κ1) is 17.1. The Labute approximate surface area is 144 Å². The average Bonchev–Trinajstić information content (AvgIpc) is 2.64. The molecule has 1 aromatic heterocycles. The van der Waals surface area contributed by atoms with Gasteiger partial charge in [-0.1, -0.05) is 37.5 Å². The van der Waals surface area contributed by atoms with Gasteiger partial charge in [-0.15, -0.1) is 0 Å². The zero-order chi connectivity index (χ0) is 18.0. The van der Waals surface area contributed by atoms with Crippen molar-refractivity contribution in [1.82, 2.24) is 14.7 Å². The van der Waals surface area contributed by atoms with Crippen molar-refractivity contribution < 1.29 is 14.7 Å². The number of fused-ring (bicyclic) bond motifs is 1. The molecule has 0 spiro atoms.